The average Bonchev–Trinajstić information content (AvgIpc) is 3.33. The highest BCUT2D eigenvalue weighted by Crippen LogP contribution is 2.31. The molecule has 2 aromatic carbocycles. The van der Waals surface area contributed by atoms with Crippen LogP contribution in [0.2, 0.25) is 0 Å². The Hall–Kier alpha value is -3.55. The molecule has 0 saturated heterocycles. The second kappa shape index (κ2) is 10.8. The van der Waals surface area contributed by atoms with Crippen LogP contribution in [0.25, 0.3) is 34.0 Å². The van der Waals surface area contributed by atoms with Gasteiger partial charge in [0.15, 0.2) is 0 Å². The third-order valence-electron chi connectivity index (χ3n) is 5.43. The molecule has 0 atom stereocenters. The largest absolute Gasteiger partial charge is 0.396 e. The summed E-state index contributed by atoms with van der Waals surface area (Å²) in [4.78, 5) is 9.00. The summed E-state index contributed by atoms with van der Waals surface area (Å²) in [5.74, 6) is 1.71. The van der Waals surface area contributed by atoms with Crippen molar-refractivity contribution in [3.8, 4) is 34.0 Å². The number of pyridine rings is 1. The van der Waals surface area contributed by atoms with Crippen LogP contribution in [0.15, 0.2) is 65.3 Å². The van der Waals surface area contributed by atoms with E-state index in [1.807, 2.05) is 36.4 Å². The fourth-order valence-corrected chi connectivity index (χ4v) is 3.68. The summed E-state index contributed by atoms with van der Waals surface area (Å²) in [6, 6.07) is 18.2. The molecule has 0 aliphatic heterocycles. The van der Waals surface area contributed by atoms with Gasteiger partial charge in [0.1, 0.15) is 5.82 Å². The van der Waals surface area contributed by atoms with Crippen molar-refractivity contribution >= 4 is 5.82 Å². The summed E-state index contributed by atoms with van der Waals surface area (Å²) in [6.07, 6.45) is 3.39. The van der Waals surface area contributed by atoms with Gasteiger partial charge in [0.2, 0.25) is 5.82 Å². The Balaban J connectivity index is 1.54. The maximum absolute atomic E-state index is 8.86. The number of aromatic nitrogens is 3. The molecule has 0 radical (unpaired) electrons. The molecular formula is C26H28N4O3. The monoisotopic (exact) mass is 444 g/mol. The van der Waals surface area contributed by atoms with E-state index in [1.165, 1.54) is 11.1 Å². The minimum Gasteiger partial charge on any atom is -0.396 e. The molecule has 0 fully saturated rings. The van der Waals surface area contributed by atoms with Crippen LogP contribution < -0.4 is 5.32 Å². The van der Waals surface area contributed by atoms with E-state index in [0.29, 0.717) is 18.3 Å². The molecule has 4 rings (SSSR count). The van der Waals surface area contributed by atoms with E-state index in [4.69, 9.17) is 14.4 Å². The number of aliphatic hydroxyl groups is 1. The van der Waals surface area contributed by atoms with Crippen LogP contribution in [0, 0.1) is 6.92 Å². The number of methoxy groups -OCH3 is 1. The first-order valence-corrected chi connectivity index (χ1v) is 11.0. The van der Waals surface area contributed by atoms with E-state index < -0.39 is 0 Å². The van der Waals surface area contributed by atoms with E-state index in [9.17, 15) is 0 Å². The average molecular weight is 445 g/mol. The number of anilines is 1. The minimum absolute atomic E-state index is 0.204. The lowest BCUT2D eigenvalue weighted by atomic mass is 9.94. The summed E-state index contributed by atoms with van der Waals surface area (Å²) < 4.78 is 11.0. The van der Waals surface area contributed by atoms with Gasteiger partial charge in [-0.05, 0) is 66.3 Å². The Labute approximate surface area is 193 Å². The minimum atomic E-state index is 0.204. The van der Waals surface area contributed by atoms with Gasteiger partial charge in [-0.25, -0.2) is 4.98 Å². The van der Waals surface area contributed by atoms with Gasteiger partial charge in [-0.1, -0.05) is 35.5 Å². The van der Waals surface area contributed by atoms with Crippen molar-refractivity contribution in [3.63, 3.8) is 0 Å². The number of benzene rings is 2. The van der Waals surface area contributed by atoms with Crippen LogP contribution in [0.5, 0.6) is 0 Å². The summed E-state index contributed by atoms with van der Waals surface area (Å²) in [5.41, 5.74) is 6.19. The number of aliphatic hydroxyl groups excluding tert-OH is 1. The molecule has 7 heteroatoms. The Bertz CT molecular complexity index is 1190. The van der Waals surface area contributed by atoms with Crippen molar-refractivity contribution in [2.45, 2.75) is 26.4 Å². The Morgan fingerprint density at radius 1 is 1.00 bits per heavy atom. The van der Waals surface area contributed by atoms with Crippen molar-refractivity contribution in [2.24, 2.45) is 0 Å². The second-order valence-corrected chi connectivity index (χ2v) is 7.83. The Morgan fingerprint density at radius 3 is 2.61 bits per heavy atom. The van der Waals surface area contributed by atoms with E-state index in [2.05, 4.69) is 45.6 Å². The maximum Gasteiger partial charge on any atom is 0.258 e. The molecular weight excluding hydrogens is 416 g/mol. The number of unbranched alkanes of at least 4 members (excludes halogenated alkanes) is 1. The van der Waals surface area contributed by atoms with Crippen molar-refractivity contribution in [1.82, 2.24) is 15.1 Å². The number of nitrogens with one attached hydrogen (secondary N) is 1. The van der Waals surface area contributed by atoms with Crippen molar-refractivity contribution in [3.05, 3.63) is 71.9 Å². The van der Waals surface area contributed by atoms with Crippen molar-refractivity contribution < 1.29 is 14.4 Å². The topological polar surface area (TPSA) is 93.3 Å². The molecule has 2 N–H and O–H groups in total. The molecule has 2 heterocycles. The summed E-state index contributed by atoms with van der Waals surface area (Å²) in [5, 5.41) is 16.2. The quantitative estimate of drug-likeness (QED) is 0.329. The number of aryl methyl sites for hydroxylation is 1. The molecule has 0 saturated carbocycles. The smallest absolute Gasteiger partial charge is 0.258 e. The zero-order valence-corrected chi connectivity index (χ0v) is 18.9. The maximum atomic E-state index is 8.86. The van der Waals surface area contributed by atoms with Gasteiger partial charge in [0.25, 0.3) is 5.89 Å². The summed E-state index contributed by atoms with van der Waals surface area (Å²) in [6.45, 7) is 3.56. The van der Waals surface area contributed by atoms with E-state index in [0.717, 1.165) is 47.5 Å². The van der Waals surface area contributed by atoms with Gasteiger partial charge >= 0.3 is 0 Å². The Morgan fingerprint density at radius 2 is 1.85 bits per heavy atom. The number of ether oxygens (including phenoxy) is 1. The third-order valence-corrected chi connectivity index (χ3v) is 5.43. The van der Waals surface area contributed by atoms with Crippen molar-refractivity contribution in [1.29, 1.82) is 0 Å². The molecule has 2 aromatic heterocycles. The SMILES string of the molecule is COCc1cc(-c2nc(-c3ccc(NCCCCO)nc3)no2)ccc1-c1ccccc1C. The fraction of sp³-hybridized carbons (Fsp3) is 0.269. The zero-order valence-electron chi connectivity index (χ0n) is 18.9. The normalized spacial score (nSPS) is 11.0. The number of hydrogen-bond donors (Lipinski definition) is 2. The highest BCUT2D eigenvalue weighted by atomic mass is 16.5. The highest BCUT2D eigenvalue weighted by molar-refractivity contribution is 5.74. The predicted octanol–water partition coefficient (Wildman–Crippen LogP) is 5.10. The molecule has 0 unspecified atom stereocenters. The Kier molecular flexibility index (Phi) is 7.44. The molecule has 7 nitrogen and oxygen atoms in total. The van der Waals surface area contributed by atoms with Gasteiger partial charge in [0.05, 0.1) is 6.61 Å². The van der Waals surface area contributed by atoms with Gasteiger partial charge in [-0.15, -0.1) is 0 Å². The lowest BCUT2D eigenvalue weighted by Gasteiger charge is -2.12. The van der Waals surface area contributed by atoms with Crippen LogP contribution in [0.3, 0.4) is 0 Å². The molecule has 33 heavy (non-hydrogen) atoms. The standard InChI is InChI=1S/C26H28N4O3/c1-18-7-3-4-8-22(18)23-11-9-19(15-21(23)17-32-2)26-29-25(30-33-26)20-10-12-24(28-16-20)27-13-5-6-14-31/h3-4,7-12,15-16,31H,5-6,13-14,17H2,1-2H3,(H,27,28). The fourth-order valence-electron chi connectivity index (χ4n) is 3.68. The van der Waals surface area contributed by atoms with E-state index in [-0.39, 0.29) is 6.61 Å². The van der Waals surface area contributed by atoms with E-state index >= 15 is 0 Å². The van der Waals surface area contributed by atoms with Crippen LogP contribution >= 0.6 is 0 Å². The van der Waals surface area contributed by atoms with Crippen LogP contribution in [-0.4, -0.2) is 40.5 Å². The first-order valence-electron chi connectivity index (χ1n) is 11.0. The van der Waals surface area contributed by atoms with Gasteiger partial charge in [-0.3, -0.25) is 0 Å². The molecule has 0 bridgehead atoms. The molecule has 4 aromatic rings. The molecule has 170 valence electrons. The van der Waals surface area contributed by atoms with Gasteiger partial charge in [-0.2, -0.15) is 4.98 Å². The molecule has 0 amide bonds. The molecule has 0 aliphatic carbocycles. The molecule has 0 aliphatic rings. The predicted molar refractivity (Wildman–Crippen MR) is 129 cm³/mol. The van der Waals surface area contributed by atoms with Crippen LogP contribution in [0.1, 0.15) is 24.0 Å². The summed E-state index contributed by atoms with van der Waals surface area (Å²) >= 11 is 0. The zero-order chi connectivity index (χ0) is 23.0. The first kappa shape index (κ1) is 22.6. The van der Waals surface area contributed by atoms with Crippen LogP contribution in [-0.2, 0) is 11.3 Å². The third kappa shape index (κ3) is 5.45. The van der Waals surface area contributed by atoms with Gasteiger partial charge < -0.3 is 19.7 Å². The second-order valence-electron chi connectivity index (χ2n) is 7.83. The first-order chi connectivity index (χ1) is 16.2. The van der Waals surface area contributed by atoms with Crippen LogP contribution in [0.4, 0.5) is 5.82 Å². The molecule has 0 spiro atoms. The number of hydrogen-bond acceptors (Lipinski definition) is 7. The van der Waals surface area contributed by atoms with Crippen molar-refractivity contribution in [2.75, 3.05) is 25.6 Å². The highest BCUT2D eigenvalue weighted by Gasteiger charge is 2.15. The lowest BCUT2D eigenvalue weighted by Crippen LogP contribution is -2.03. The van der Waals surface area contributed by atoms with E-state index in [1.54, 1.807) is 13.3 Å². The van der Waals surface area contributed by atoms with Gasteiger partial charge in [0, 0.05) is 37.6 Å². The number of nitrogens with zero attached hydrogens (tertiary/aromatic N) is 3. The number of rotatable bonds is 10. The summed E-state index contributed by atoms with van der Waals surface area (Å²) in [7, 11) is 1.69. The lowest BCUT2D eigenvalue weighted by molar-refractivity contribution is 0.185.